The maximum absolute atomic E-state index is 12.1. The molecule has 0 bridgehead atoms. The number of hydrogen-bond acceptors (Lipinski definition) is 4. The summed E-state index contributed by atoms with van der Waals surface area (Å²) in [5, 5.41) is 2.54. The van der Waals surface area contributed by atoms with Gasteiger partial charge in [-0.25, -0.2) is 8.42 Å². The number of benzene rings is 1. The number of amides is 1. The molecule has 5 nitrogen and oxygen atoms in total. The summed E-state index contributed by atoms with van der Waals surface area (Å²) in [6.07, 6.45) is 0.767. The number of sulfone groups is 1. The van der Waals surface area contributed by atoms with Crippen molar-refractivity contribution in [2.75, 3.05) is 18.0 Å². The predicted octanol–water partition coefficient (Wildman–Crippen LogP) is 0.877. The number of hydrogen-bond donors (Lipinski definition) is 2. The molecule has 1 rings (SSSR count). The molecule has 0 aliphatic rings. The first kappa shape index (κ1) is 14.5. The average Bonchev–Trinajstić information content (AvgIpc) is 2.29. The Balaban J connectivity index is 2.93. The molecule has 0 aromatic heterocycles. The van der Waals surface area contributed by atoms with E-state index in [2.05, 4.69) is 5.32 Å². The van der Waals surface area contributed by atoms with Gasteiger partial charge in [0.1, 0.15) is 5.75 Å². The molecule has 0 saturated heterocycles. The van der Waals surface area contributed by atoms with Crippen molar-refractivity contribution in [1.29, 1.82) is 0 Å². The molecule has 0 atom stereocenters. The Morgan fingerprint density at radius 1 is 1.39 bits per heavy atom. The van der Waals surface area contributed by atoms with Crippen LogP contribution >= 0.6 is 0 Å². The molecule has 0 spiro atoms. The summed E-state index contributed by atoms with van der Waals surface area (Å²) in [4.78, 5) is 11.6. The summed E-state index contributed by atoms with van der Waals surface area (Å²) in [6, 6.07) is 4.67. The third-order valence-electron chi connectivity index (χ3n) is 2.55. The molecule has 0 aliphatic heterocycles. The normalized spacial score (nSPS) is 11.2. The van der Waals surface area contributed by atoms with Gasteiger partial charge in [0.2, 0.25) is 5.91 Å². The van der Waals surface area contributed by atoms with E-state index >= 15 is 0 Å². The molecule has 3 N–H and O–H groups in total. The number of rotatable bonds is 5. The van der Waals surface area contributed by atoms with Gasteiger partial charge in [0.15, 0.2) is 9.84 Å². The molecule has 6 heteroatoms. The van der Waals surface area contributed by atoms with E-state index in [-0.39, 0.29) is 4.90 Å². The highest BCUT2D eigenvalue weighted by Crippen LogP contribution is 2.21. The van der Waals surface area contributed by atoms with E-state index < -0.39 is 21.5 Å². The zero-order valence-corrected chi connectivity index (χ0v) is 11.4. The second kappa shape index (κ2) is 5.86. The minimum Gasteiger partial charge on any atom is -0.398 e. The SMILES string of the molecule is CCCNC(=O)CS(=O)(=O)c1cccc(N)c1C. The van der Waals surface area contributed by atoms with E-state index in [0.717, 1.165) is 6.42 Å². The van der Waals surface area contributed by atoms with Gasteiger partial charge in [-0.2, -0.15) is 0 Å². The predicted molar refractivity (Wildman–Crippen MR) is 70.9 cm³/mol. The maximum Gasteiger partial charge on any atom is 0.235 e. The fourth-order valence-corrected chi connectivity index (χ4v) is 3.01. The highest BCUT2D eigenvalue weighted by atomic mass is 32.2. The Kier molecular flexibility index (Phi) is 4.72. The number of nitrogens with one attached hydrogen (secondary N) is 1. The lowest BCUT2D eigenvalue weighted by atomic mass is 10.2. The van der Waals surface area contributed by atoms with Gasteiger partial charge in [-0.1, -0.05) is 13.0 Å². The molecule has 100 valence electrons. The van der Waals surface area contributed by atoms with E-state index in [0.29, 0.717) is 17.8 Å². The Hall–Kier alpha value is -1.56. The summed E-state index contributed by atoms with van der Waals surface area (Å²) in [5.41, 5.74) is 6.56. The van der Waals surface area contributed by atoms with Crippen LogP contribution in [0.1, 0.15) is 18.9 Å². The molecule has 0 saturated carbocycles. The number of carbonyl (C=O) groups excluding carboxylic acids is 1. The van der Waals surface area contributed by atoms with Crippen molar-refractivity contribution in [2.24, 2.45) is 0 Å². The molecule has 1 aromatic carbocycles. The fraction of sp³-hybridized carbons (Fsp3) is 0.417. The molecule has 0 heterocycles. The Labute approximate surface area is 107 Å². The van der Waals surface area contributed by atoms with Gasteiger partial charge in [0.05, 0.1) is 4.90 Å². The van der Waals surface area contributed by atoms with Crippen LogP contribution in [0, 0.1) is 6.92 Å². The van der Waals surface area contributed by atoms with E-state index in [1.54, 1.807) is 19.1 Å². The lowest BCUT2D eigenvalue weighted by Gasteiger charge is -2.09. The van der Waals surface area contributed by atoms with E-state index in [1.807, 2.05) is 6.92 Å². The van der Waals surface area contributed by atoms with E-state index in [4.69, 9.17) is 5.73 Å². The highest BCUT2D eigenvalue weighted by Gasteiger charge is 2.21. The molecular formula is C12H18N2O3S. The molecule has 0 aliphatic carbocycles. The molecule has 0 radical (unpaired) electrons. The van der Waals surface area contributed by atoms with Crippen LogP contribution in [0.5, 0.6) is 0 Å². The van der Waals surface area contributed by atoms with E-state index in [9.17, 15) is 13.2 Å². The van der Waals surface area contributed by atoms with Gasteiger partial charge in [-0.15, -0.1) is 0 Å². The quantitative estimate of drug-likeness (QED) is 0.777. The van der Waals surface area contributed by atoms with Crippen molar-refractivity contribution >= 4 is 21.4 Å². The number of nitrogens with two attached hydrogens (primary N) is 1. The van der Waals surface area contributed by atoms with Gasteiger partial charge in [-0.3, -0.25) is 4.79 Å². The number of anilines is 1. The number of carbonyl (C=O) groups is 1. The fourth-order valence-electron chi connectivity index (χ4n) is 1.53. The molecular weight excluding hydrogens is 252 g/mol. The summed E-state index contributed by atoms with van der Waals surface area (Å²) < 4.78 is 24.1. The highest BCUT2D eigenvalue weighted by molar-refractivity contribution is 7.92. The zero-order chi connectivity index (χ0) is 13.8. The topological polar surface area (TPSA) is 89.3 Å². The summed E-state index contributed by atoms with van der Waals surface area (Å²) in [5.74, 6) is -1.03. The Morgan fingerprint density at radius 3 is 2.67 bits per heavy atom. The van der Waals surface area contributed by atoms with Crippen LogP contribution in [-0.4, -0.2) is 26.6 Å². The minimum atomic E-state index is -3.64. The second-order valence-electron chi connectivity index (χ2n) is 4.08. The second-order valence-corrected chi connectivity index (χ2v) is 6.04. The molecule has 1 aromatic rings. The first-order chi connectivity index (χ1) is 8.38. The monoisotopic (exact) mass is 270 g/mol. The van der Waals surface area contributed by atoms with Crippen molar-refractivity contribution in [2.45, 2.75) is 25.2 Å². The first-order valence-corrected chi connectivity index (χ1v) is 7.38. The van der Waals surface area contributed by atoms with E-state index in [1.165, 1.54) is 6.07 Å². The van der Waals surface area contributed by atoms with Gasteiger partial charge in [0, 0.05) is 12.2 Å². The molecule has 0 fully saturated rings. The van der Waals surface area contributed by atoms with Crippen LogP contribution in [0.15, 0.2) is 23.1 Å². The molecule has 0 unspecified atom stereocenters. The van der Waals surface area contributed by atoms with Crippen molar-refractivity contribution in [3.05, 3.63) is 23.8 Å². The lowest BCUT2D eigenvalue weighted by molar-refractivity contribution is -0.118. The minimum absolute atomic E-state index is 0.120. The smallest absolute Gasteiger partial charge is 0.235 e. The third kappa shape index (κ3) is 3.46. The van der Waals surface area contributed by atoms with Crippen molar-refractivity contribution < 1.29 is 13.2 Å². The third-order valence-corrected chi connectivity index (χ3v) is 4.31. The van der Waals surface area contributed by atoms with Gasteiger partial charge in [-0.05, 0) is 31.0 Å². The Morgan fingerprint density at radius 2 is 2.06 bits per heavy atom. The average molecular weight is 270 g/mol. The van der Waals surface area contributed by atoms with Gasteiger partial charge in [0.25, 0.3) is 0 Å². The van der Waals surface area contributed by atoms with Crippen LogP contribution < -0.4 is 11.1 Å². The number of nitrogen functional groups attached to an aromatic ring is 1. The molecule has 18 heavy (non-hydrogen) atoms. The van der Waals surface area contributed by atoms with Crippen molar-refractivity contribution in [3.63, 3.8) is 0 Å². The zero-order valence-electron chi connectivity index (χ0n) is 10.6. The van der Waals surface area contributed by atoms with Crippen LogP contribution in [0.2, 0.25) is 0 Å². The lowest BCUT2D eigenvalue weighted by Crippen LogP contribution is -2.31. The van der Waals surface area contributed by atoms with Gasteiger partial charge >= 0.3 is 0 Å². The summed E-state index contributed by atoms with van der Waals surface area (Å²) in [6.45, 7) is 4.01. The standard InChI is InChI=1S/C12H18N2O3S/c1-3-7-14-12(15)8-18(16,17)11-6-4-5-10(13)9(11)2/h4-6H,3,7-8,13H2,1-2H3,(H,14,15). The Bertz CT molecular complexity index is 538. The summed E-state index contributed by atoms with van der Waals surface area (Å²) in [7, 11) is -3.64. The molecule has 1 amide bonds. The largest absolute Gasteiger partial charge is 0.398 e. The van der Waals surface area contributed by atoms with Crippen LogP contribution in [0.4, 0.5) is 5.69 Å². The first-order valence-electron chi connectivity index (χ1n) is 5.73. The van der Waals surface area contributed by atoms with Crippen molar-refractivity contribution in [1.82, 2.24) is 5.32 Å². The summed E-state index contributed by atoms with van der Waals surface area (Å²) >= 11 is 0. The van der Waals surface area contributed by atoms with Crippen LogP contribution in [0.25, 0.3) is 0 Å². The van der Waals surface area contributed by atoms with Crippen LogP contribution in [0.3, 0.4) is 0 Å². The van der Waals surface area contributed by atoms with Crippen molar-refractivity contribution in [3.8, 4) is 0 Å². The van der Waals surface area contributed by atoms with Gasteiger partial charge < -0.3 is 11.1 Å². The van der Waals surface area contributed by atoms with Crippen LogP contribution in [-0.2, 0) is 14.6 Å². The maximum atomic E-state index is 12.1.